The summed E-state index contributed by atoms with van der Waals surface area (Å²) in [5, 5.41) is 4.05. The maximum absolute atomic E-state index is 12.9. The molecule has 1 N–H and O–H groups in total. The number of nitrogens with zero attached hydrogens (tertiary/aromatic N) is 7. The largest absolute Gasteiger partial charge is 0.343 e. The predicted molar refractivity (Wildman–Crippen MR) is 144 cm³/mol. The predicted octanol–water partition coefficient (Wildman–Crippen LogP) is 3.83. The monoisotopic (exact) mass is 504 g/mol. The van der Waals surface area contributed by atoms with Gasteiger partial charge in [-0.1, -0.05) is 19.8 Å². The molecular formula is C27H36N8O2. The first-order valence-electron chi connectivity index (χ1n) is 13.2. The van der Waals surface area contributed by atoms with Gasteiger partial charge in [0.1, 0.15) is 17.2 Å². The van der Waals surface area contributed by atoms with E-state index in [9.17, 15) is 9.59 Å². The van der Waals surface area contributed by atoms with Crippen molar-refractivity contribution in [1.82, 2.24) is 29.3 Å². The molecule has 5 rings (SSSR count). The summed E-state index contributed by atoms with van der Waals surface area (Å²) in [5.74, 6) is 1.11. The molecule has 0 aromatic carbocycles. The Bertz CT molecular complexity index is 1280. The van der Waals surface area contributed by atoms with Crippen molar-refractivity contribution in [3.8, 4) is 0 Å². The SMILES string of the molecule is CC[C@@H]1CN(c2ccc(Nc3ncc4cc(C(=O)N(C)C)n(C5CCCC5)c4n3)nc2)C(=O)CCN1C. The topological polar surface area (TPSA) is 99.5 Å². The summed E-state index contributed by atoms with van der Waals surface area (Å²) in [6.07, 6.45) is 9.36. The van der Waals surface area contributed by atoms with Crippen LogP contribution in [0.15, 0.2) is 30.6 Å². The number of nitrogens with one attached hydrogen (secondary N) is 1. The third-order valence-electron chi connectivity index (χ3n) is 7.66. The highest BCUT2D eigenvalue weighted by molar-refractivity contribution is 5.98. The van der Waals surface area contributed by atoms with Crippen LogP contribution in [0.5, 0.6) is 0 Å². The molecule has 1 saturated heterocycles. The van der Waals surface area contributed by atoms with Gasteiger partial charge in [0.05, 0.1) is 11.9 Å². The zero-order valence-electron chi connectivity index (χ0n) is 22.1. The number of hydrogen-bond acceptors (Lipinski definition) is 7. The zero-order valence-corrected chi connectivity index (χ0v) is 22.1. The number of carbonyl (C=O) groups excluding carboxylic acids is 2. The third-order valence-corrected chi connectivity index (χ3v) is 7.66. The van der Waals surface area contributed by atoms with Crippen molar-refractivity contribution in [2.45, 2.75) is 57.5 Å². The summed E-state index contributed by atoms with van der Waals surface area (Å²) >= 11 is 0. The van der Waals surface area contributed by atoms with Crippen LogP contribution in [0.4, 0.5) is 17.5 Å². The first-order chi connectivity index (χ1) is 17.9. The van der Waals surface area contributed by atoms with Gasteiger partial charge in [0.2, 0.25) is 11.9 Å². The Hall–Kier alpha value is -3.53. The van der Waals surface area contributed by atoms with Gasteiger partial charge in [0, 0.05) is 57.3 Å². The van der Waals surface area contributed by atoms with Crippen molar-refractivity contribution >= 4 is 40.3 Å². The molecule has 0 unspecified atom stereocenters. The molecule has 2 fully saturated rings. The average Bonchev–Trinajstić information content (AvgIpc) is 3.52. The van der Waals surface area contributed by atoms with Crippen molar-refractivity contribution in [2.75, 3.05) is 44.4 Å². The van der Waals surface area contributed by atoms with Crippen LogP contribution >= 0.6 is 0 Å². The van der Waals surface area contributed by atoms with E-state index in [1.807, 2.05) is 23.1 Å². The molecule has 196 valence electrons. The van der Waals surface area contributed by atoms with Gasteiger partial charge in [-0.05, 0) is 44.5 Å². The fourth-order valence-electron chi connectivity index (χ4n) is 5.46. The molecule has 0 radical (unpaired) electrons. The van der Waals surface area contributed by atoms with Gasteiger partial charge in [-0.2, -0.15) is 4.98 Å². The van der Waals surface area contributed by atoms with Gasteiger partial charge < -0.3 is 24.6 Å². The molecule has 2 aliphatic rings. The Morgan fingerprint density at radius 1 is 1.16 bits per heavy atom. The Morgan fingerprint density at radius 3 is 2.62 bits per heavy atom. The van der Waals surface area contributed by atoms with E-state index >= 15 is 0 Å². The van der Waals surface area contributed by atoms with Gasteiger partial charge in [-0.25, -0.2) is 9.97 Å². The van der Waals surface area contributed by atoms with E-state index in [0.717, 1.165) is 55.4 Å². The van der Waals surface area contributed by atoms with Crippen molar-refractivity contribution < 1.29 is 9.59 Å². The maximum atomic E-state index is 12.9. The number of carbonyl (C=O) groups is 2. The zero-order chi connectivity index (χ0) is 26.1. The number of amides is 2. The second-order valence-electron chi connectivity index (χ2n) is 10.3. The Kier molecular flexibility index (Phi) is 7.10. The molecule has 10 nitrogen and oxygen atoms in total. The molecule has 0 bridgehead atoms. The highest BCUT2D eigenvalue weighted by Crippen LogP contribution is 2.35. The summed E-state index contributed by atoms with van der Waals surface area (Å²) < 4.78 is 2.10. The molecule has 4 heterocycles. The average molecular weight is 505 g/mol. The van der Waals surface area contributed by atoms with Crippen molar-refractivity contribution in [2.24, 2.45) is 0 Å². The number of rotatable bonds is 6. The molecule has 1 aliphatic carbocycles. The van der Waals surface area contributed by atoms with Gasteiger partial charge in [-0.15, -0.1) is 0 Å². The number of pyridine rings is 1. The van der Waals surface area contributed by atoms with Gasteiger partial charge in [0.15, 0.2) is 0 Å². The van der Waals surface area contributed by atoms with E-state index in [2.05, 4.69) is 38.7 Å². The van der Waals surface area contributed by atoms with E-state index in [-0.39, 0.29) is 17.9 Å². The summed E-state index contributed by atoms with van der Waals surface area (Å²) in [6, 6.07) is 6.24. The lowest BCUT2D eigenvalue weighted by atomic mass is 10.2. The molecule has 10 heteroatoms. The number of likely N-dealkylation sites (N-methyl/N-ethyl adjacent to an activating group) is 1. The van der Waals surface area contributed by atoms with Crippen LogP contribution in [0.3, 0.4) is 0 Å². The molecule has 3 aromatic heterocycles. The van der Waals surface area contributed by atoms with Crippen molar-refractivity contribution in [3.63, 3.8) is 0 Å². The van der Waals surface area contributed by atoms with E-state index in [4.69, 9.17) is 4.98 Å². The van der Waals surface area contributed by atoms with Crippen LogP contribution < -0.4 is 10.2 Å². The molecule has 1 aliphatic heterocycles. The van der Waals surface area contributed by atoms with E-state index in [0.29, 0.717) is 36.5 Å². The van der Waals surface area contributed by atoms with Gasteiger partial charge >= 0.3 is 0 Å². The number of anilines is 3. The van der Waals surface area contributed by atoms with Gasteiger partial charge in [-0.3, -0.25) is 9.59 Å². The minimum atomic E-state index is -0.0313. The number of aromatic nitrogens is 4. The van der Waals surface area contributed by atoms with Crippen LogP contribution in [0, 0.1) is 0 Å². The van der Waals surface area contributed by atoms with Crippen LogP contribution in [0.25, 0.3) is 11.0 Å². The number of hydrogen-bond donors (Lipinski definition) is 1. The smallest absolute Gasteiger partial charge is 0.270 e. The first-order valence-corrected chi connectivity index (χ1v) is 13.2. The molecule has 1 atom stereocenters. The molecule has 37 heavy (non-hydrogen) atoms. The van der Waals surface area contributed by atoms with E-state index < -0.39 is 0 Å². The Labute approximate surface area is 217 Å². The van der Waals surface area contributed by atoms with E-state index in [1.54, 1.807) is 31.4 Å². The maximum Gasteiger partial charge on any atom is 0.270 e. The highest BCUT2D eigenvalue weighted by Gasteiger charge is 2.28. The standard InChI is InChI=1S/C27H36N8O2/c1-5-19-17-34(24(36)12-13-33(19)4)21-10-11-23(28-16-21)30-27-29-15-18-14-22(26(37)32(2)3)35(25(18)31-27)20-8-6-7-9-20/h10-11,14-16,19-20H,5-9,12-13,17H2,1-4H3,(H,28,29,30,31)/t19-/m1/s1. The van der Waals surface area contributed by atoms with Gasteiger partial charge in [0.25, 0.3) is 5.91 Å². The summed E-state index contributed by atoms with van der Waals surface area (Å²) in [7, 11) is 5.62. The summed E-state index contributed by atoms with van der Waals surface area (Å²) in [4.78, 5) is 45.2. The quantitative estimate of drug-likeness (QED) is 0.545. The molecule has 3 aromatic rings. The van der Waals surface area contributed by atoms with Crippen molar-refractivity contribution in [1.29, 1.82) is 0 Å². The van der Waals surface area contributed by atoms with Crippen LogP contribution in [-0.2, 0) is 4.79 Å². The normalized spacial score (nSPS) is 19.4. The fraction of sp³-hybridized carbons (Fsp3) is 0.519. The molecular weight excluding hydrogens is 468 g/mol. The second-order valence-corrected chi connectivity index (χ2v) is 10.3. The lowest BCUT2D eigenvalue weighted by molar-refractivity contribution is -0.118. The first kappa shape index (κ1) is 25.1. The van der Waals surface area contributed by atoms with Crippen LogP contribution in [-0.4, -0.2) is 81.4 Å². The van der Waals surface area contributed by atoms with E-state index in [1.165, 1.54) is 0 Å². The Morgan fingerprint density at radius 2 is 1.95 bits per heavy atom. The van der Waals surface area contributed by atoms with Crippen LogP contribution in [0.2, 0.25) is 0 Å². The lowest BCUT2D eigenvalue weighted by Crippen LogP contribution is -2.39. The van der Waals surface area contributed by atoms with Crippen molar-refractivity contribution in [3.05, 3.63) is 36.3 Å². The second kappa shape index (κ2) is 10.5. The highest BCUT2D eigenvalue weighted by atomic mass is 16.2. The minimum Gasteiger partial charge on any atom is -0.343 e. The lowest BCUT2D eigenvalue weighted by Gasteiger charge is -2.28. The molecule has 0 spiro atoms. The number of fused-ring (bicyclic) bond motifs is 1. The molecule has 1 saturated carbocycles. The summed E-state index contributed by atoms with van der Waals surface area (Å²) in [6.45, 7) is 3.58. The summed E-state index contributed by atoms with van der Waals surface area (Å²) in [5.41, 5.74) is 2.21. The minimum absolute atomic E-state index is 0.0313. The fourth-order valence-corrected chi connectivity index (χ4v) is 5.46. The van der Waals surface area contributed by atoms with Crippen LogP contribution in [0.1, 0.15) is 62.0 Å². The third kappa shape index (κ3) is 5.02. The Balaban J connectivity index is 1.40. The molecule has 2 amide bonds.